The van der Waals surface area contributed by atoms with E-state index in [1.807, 2.05) is 18.2 Å². The van der Waals surface area contributed by atoms with Gasteiger partial charge in [-0.15, -0.1) is 0 Å². The third kappa shape index (κ3) is 3.64. The monoisotopic (exact) mass is 319 g/mol. The van der Waals surface area contributed by atoms with Crippen LogP contribution in [0.25, 0.3) is 0 Å². The largest absolute Gasteiger partial charge is 0.466 e. The number of fused-ring (bicyclic) bond motifs is 1. The number of carbonyl (C=O) groups excluding carboxylic acids is 2. The van der Waals surface area contributed by atoms with E-state index in [2.05, 4.69) is 4.90 Å². The zero-order chi connectivity index (χ0) is 16.2. The molecule has 23 heavy (non-hydrogen) atoms. The van der Waals surface area contributed by atoms with Gasteiger partial charge in [0, 0.05) is 18.8 Å². The van der Waals surface area contributed by atoms with Crippen LogP contribution in [0.2, 0.25) is 0 Å². The topological polar surface area (TPSA) is 65.1 Å². The molecule has 1 aromatic carbocycles. The number of hydrogen-bond donors (Lipinski definition) is 0. The van der Waals surface area contributed by atoms with Crippen LogP contribution in [0.3, 0.4) is 0 Å². The molecule has 124 valence electrons. The van der Waals surface area contributed by atoms with Gasteiger partial charge in [0.1, 0.15) is 5.75 Å². The molecule has 2 aliphatic heterocycles. The molecule has 0 amide bonds. The minimum atomic E-state index is -0.483. The molecule has 0 radical (unpaired) electrons. The molecule has 1 aromatic rings. The summed E-state index contributed by atoms with van der Waals surface area (Å²) >= 11 is 0. The fourth-order valence-electron chi connectivity index (χ4n) is 2.97. The number of esters is 2. The average molecular weight is 319 g/mol. The minimum absolute atomic E-state index is 0.0560. The van der Waals surface area contributed by atoms with Crippen molar-refractivity contribution in [1.29, 1.82) is 0 Å². The molecule has 0 spiro atoms. The molecule has 0 saturated carbocycles. The normalized spacial score (nSPS) is 21.2. The number of morpholine rings is 1. The Bertz CT molecular complexity index is 595. The van der Waals surface area contributed by atoms with E-state index in [0.717, 1.165) is 24.3 Å². The smallest absolute Gasteiger partial charge is 0.312 e. The second-order valence-corrected chi connectivity index (χ2v) is 5.72. The summed E-state index contributed by atoms with van der Waals surface area (Å²) in [5.74, 6) is -0.669. The minimum Gasteiger partial charge on any atom is -0.466 e. The number of benzene rings is 1. The second kappa shape index (κ2) is 7.00. The van der Waals surface area contributed by atoms with Gasteiger partial charge in [-0.1, -0.05) is 0 Å². The van der Waals surface area contributed by atoms with E-state index in [0.29, 0.717) is 32.0 Å². The van der Waals surface area contributed by atoms with Gasteiger partial charge < -0.3 is 19.1 Å². The molecule has 0 aromatic heterocycles. The summed E-state index contributed by atoms with van der Waals surface area (Å²) in [5.41, 5.74) is 1.94. The number of hydrogen-bond acceptors (Lipinski definition) is 6. The van der Waals surface area contributed by atoms with Crippen LogP contribution in [0.5, 0.6) is 5.75 Å². The van der Waals surface area contributed by atoms with Crippen molar-refractivity contribution in [2.75, 3.05) is 37.8 Å². The summed E-state index contributed by atoms with van der Waals surface area (Å²) in [6.07, 6.45) is 0.512. The molecule has 0 bridgehead atoms. The van der Waals surface area contributed by atoms with Gasteiger partial charge in [0.05, 0.1) is 32.2 Å². The Hall–Kier alpha value is -2.08. The average Bonchev–Trinajstić information content (AvgIpc) is 2.73. The highest BCUT2D eigenvalue weighted by Gasteiger charge is 2.30. The van der Waals surface area contributed by atoms with Crippen molar-refractivity contribution in [2.24, 2.45) is 5.92 Å². The first-order valence-electron chi connectivity index (χ1n) is 8.00. The van der Waals surface area contributed by atoms with Crippen LogP contribution in [0.4, 0.5) is 5.69 Å². The van der Waals surface area contributed by atoms with Crippen molar-refractivity contribution < 1.29 is 23.8 Å². The maximum Gasteiger partial charge on any atom is 0.312 e. The van der Waals surface area contributed by atoms with E-state index in [9.17, 15) is 9.59 Å². The van der Waals surface area contributed by atoms with Gasteiger partial charge in [0.15, 0.2) is 0 Å². The highest BCUT2D eigenvalue weighted by Crippen LogP contribution is 2.32. The summed E-state index contributed by atoms with van der Waals surface area (Å²) in [7, 11) is 0. The number of rotatable bonds is 3. The molecular weight excluding hydrogens is 298 g/mol. The molecule has 2 aliphatic rings. The lowest BCUT2D eigenvalue weighted by Crippen LogP contribution is -2.36. The fourth-order valence-corrected chi connectivity index (χ4v) is 2.97. The van der Waals surface area contributed by atoms with Gasteiger partial charge in [-0.3, -0.25) is 9.59 Å². The van der Waals surface area contributed by atoms with Gasteiger partial charge in [0.2, 0.25) is 0 Å². The Kier molecular flexibility index (Phi) is 4.81. The summed E-state index contributed by atoms with van der Waals surface area (Å²) in [4.78, 5) is 26.2. The number of ether oxygens (including phenoxy) is 3. The van der Waals surface area contributed by atoms with Crippen molar-refractivity contribution in [3.8, 4) is 5.75 Å². The molecule has 6 nitrogen and oxygen atoms in total. The lowest BCUT2D eigenvalue weighted by atomic mass is 9.96. The van der Waals surface area contributed by atoms with Crippen LogP contribution in [0.1, 0.15) is 18.9 Å². The highest BCUT2D eigenvalue weighted by atomic mass is 16.5. The maximum absolute atomic E-state index is 12.0. The second-order valence-electron chi connectivity index (χ2n) is 5.72. The summed E-state index contributed by atoms with van der Waals surface area (Å²) in [6.45, 7) is 5.15. The van der Waals surface area contributed by atoms with E-state index in [-0.39, 0.29) is 18.4 Å². The first kappa shape index (κ1) is 15.8. The molecule has 6 heteroatoms. The zero-order valence-electron chi connectivity index (χ0n) is 13.2. The van der Waals surface area contributed by atoms with Crippen LogP contribution in [-0.2, 0) is 25.5 Å². The van der Waals surface area contributed by atoms with Gasteiger partial charge in [0.25, 0.3) is 0 Å². The summed E-state index contributed by atoms with van der Waals surface area (Å²) in [5, 5.41) is 0. The molecule has 3 rings (SSSR count). The van der Waals surface area contributed by atoms with Crippen LogP contribution < -0.4 is 9.64 Å². The van der Waals surface area contributed by atoms with Crippen LogP contribution in [0.15, 0.2) is 18.2 Å². The Labute approximate surface area is 135 Å². The Morgan fingerprint density at radius 3 is 2.83 bits per heavy atom. The van der Waals surface area contributed by atoms with Crippen molar-refractivity contribution in [3.63, 3.8) is 0 Å². The van der Waals surface area contributed by atoms with Gasteiger partial charge in [-0.05, 0) is 37.1 Å². The number of carbonyl (C=O) groups is 2. The summed E-state index contributed by atoms with van der Waals surface area (Å²) in [6, 6.07) is 5.76. The zero-order valence-corrected chi connectivity index (χ0v) is 13.2. The van der Waals surface area contributed by atoms with E-state index in [1.165, 1.54) is 0 Å². The Balaban J connectivity index is 1.84. The van der Waals surface area contributed by atoms with E-state index in [4.69, 9.17) is 14.2 Å². The highest BCUT2D eigenvalue weighted by molar-refractivity contribution is 5.83. The first-order chi connectivity index (χ1) is 11.2. The molecule has 1 atom stereocenters. The molecule has 1 unspecified atom stereocenters. The lowest BCUT2D eigenvalue weighted by molar-refractivity contribution is -0.151. The van der Waals surface area contributed by atoms with E-state index in [1.54, 1.807) is 6.92 Å². The van der Waals surface area contributed by atoms with Crippen molar-refractivity contribution >= 4 is 17.6 Å². The van der Waals surface area contributed by atoms with Crippen LogP contribution in [0, 0.1) is 5.92 Å². The third-order valence-electron chi connectivity index (χ3n) is 4.14. The first-order valence-corrected chi connectivity index (χ1v) is 8.00. The van der Waals surface area contributed by atoms with Gasteiger partial charge >= 0.3 is 11.9 Å². The van der Waals surface area contributed by atoms with Gasteiger partial charge in [-0.2, -0.15) is 0 Å². The van der Waals surface area contributed by atoms with Crippen LogP contribution in [-0.4, -0.2) is 44.8 Å². The van der Waals surface area contributed by atoms with Crippen molar-refractivity contribution in [2.45, 2.75) is 19.8 Å². The standard InChI is InChI=1S/C17H21NO5/c1-2-22-17(20)13-9-12-10-14(18-5-7-21-8-6-18)3-4-15(12)23-16(19)11-13/h3-4,10,13H,2,5-9,11H2,1H3. The van der Waals surface area contributed by atoms with E-state index < -0.39 is 5.92 Å². The molecule has 1 saturated heterocycles. The van der Waals surface area contributed by atoms with Crippen molar-refractivity contribution in [1.82, 2.24) is 0 Å². The SMILES string of the molecule is CCOC(=O)C1CC(=O)Oc2ccc(N3CCOCC3)cc2C1. The summed E-state index contributed by atoms with van der Waals surface area (Å²) < 4.78 is 15.8. The maximum atomic E-state index is 12.0. The molecule has 1 fully saturated rings. The van der Waals surface area contributed by atoms with Gasteiger partial charge in [-0.25, -0.2) is 0 Å². The lowest BCUT2D eigenvalue weighted by Gasteiger charge is -2.29. The van der Waals surface area contributed by atoms with Crippen molar-refractivity contribution in [3.05, 3.63) is 23.8 Å². The fraction of sp³-hybridized carbons (Fsp3) is 0.529. The molecule has 0 aliphatic carbocycles. The van der Waals surface area contributed by atoms with Crippen LogP contribution >= 0.6 is 0 Å². The molecule has 0 N–H and O–H groups in total. The molecule has 2 heterocycles. The third-order valence-corrected chi connectivity index (χ3v) is 4.14. The quantitative estimate of drug-likeness (QED) is 0.622. The predicted octanol–water partition coefficient (Wildman–Crippen LogP) is 1.55. The Morgan fingerprint density at radius 2 is 2.09 bits per heavy atom. The number of anilines is 1. The predicted molar refractivity (Wildman–Crippen MR) is 83.6 cm³/mol. The molecular formula is C17H21NO5. The Morgan fingerprint density at radius 1 is 1.30 bits per heavy atom. The number of nitrogens with zero attached hydrogens (tertiary/aromatic N) is 1. The van der Waals surface area contributed by atoms with E-state index >= 15 is 0 Å².